The number of alkyl halides is 1. The number of sulfone groups is 2. The van der Waals surface area contributed by atoms with Crippen molar-refractivity contribution in [3.63, 3.8) is 0 Å². The van der Waals surface area contributed by atoms with Gasteiger partial charge in [-0.05, 0) is 24.3 Å². The molecule has 0 aromatic heterocycles. The zero-order valence-electron chi connectivity index (χ0n) is 11.6. The van der Waals surface area contributed by atoms with E-state index >= 15 is 0 Å². The maximum Gasteiger partial charge on any atom is 0.179 e. The van der Waals surface area contributed by atoms with E-state index in [1.54, 1.807) is 36.4 Å². The Morgan fingerprint density at radius 2 is 1.00 bits per heavy atom. The van der Waals surface area contributed by atoms with Crippen LogP contribution >= 0.6 is 11.6 Å². The molecule has 0 amide bonds. The molecule has 0 aliphatic heterocycles. The SMILES string of the molecule is O=S(=O)(CC(Cl)CS(=O)(=O)c1ccccc1)c1ccccc1. The second kappa shape index (κ2) is 6.81. The summed E-state index contributed by atoms with van der Waals surface area (Å²) >= 11 is 5.99. The Bertz CT molecular complexity index is 745. The first-order valence-corrected chi connectivity index (χ1v) is 10.2. The number of hydrogen-bond acceptors (Lipinski definition) is 4. The van der Waals surface area contributed by atoms with E-state index in [4.69, 9.17) is 11.6 Å². The second-order valence-electron chi connectivity index (χ2n) is 4.79. The van der Waals surface area contributed by atoms with Gasteiger partial charge in [0, 0.05) is 0 Å². The molecule has 0 atom stereocenters. The van der Waals surface area contributed by atoms with Crippen LogP contribution in [0.4, 0.5) is 0 Å². The highest BCUT2D eigenvalue weighted by Crippen LogP contribution is 2.18. The van der Waals surface area contributed by atoms with Crippen LogP contribution in [0.3, 0.4) is 0 Å². The van der Waals surface area contributed by atoms with Gasteiger partial charge in [0.05, 0.1) is 26.7 Å². The Morgan fingerprint density at radius 1 is 0.682 bits per heavy atom. The fourth-order valence-corrected chi connectivity index (χ4v) is 5.83. The molecule has 4 nitrogen and oxygen atoms in total. The molecule has 0 saturated heterocycles. The third-order valence-electron chi connectivity index (χ3n) is 3.01. The molecule has 7 heteroatoms. The quantitative estimate of drug-likeness (QED) is 0.744. The Balaban J connectivity index is 2.12. The van der Waals surface area contributed by atoms with Gasteiger partial charge in [0.1, 0.15) is 0 Å². The van der Waals surface area contributed by atoms with Crippen LogP contribution in [0.1, 0.15) is 0 Å². The van der Waals surface area contributed by atoms with Gasteiger partial charge in [-0.3, -0.25) is 0 Å². The number of benzene rings is 2. The fourth-order valence-electron chi connectivity index (χ4n) is 1.97. The smallest absolute Gasteiger partial charge is 0.179 e. The lowest BCUT2D eigenvalue weighted by Gasteiger charge is -2.11. The van der Waals surface area contributed by atoms with Crippen LogP contribution in [0, 0.1) is 0 Å². The predicted octanol–water partition coefficient (Wildman–Crippen LogP) is 2.54. The molecule has 0 N–H and O–H groups in total. The molecule has 118 valence electrons. The summed E-state index contributed by atoms with van der Waals surface area (Å²) in [5.41, 5.74) is 0. The summed E-state index contributed by atoms with van der Waals surface area (Å²) in [5.74, 6) is -0.852. The summed E-state index contributed by atoms with van der Waals surface area (Å²) in [4.78, 5) is 0.274. The van der Waals surface area contributed by atoms with Gasteiger partial charge in [-0.25, -0.2) is 16.8 Å². The van der Waals surface area contributed by atoms with Gasteiger partial charge in [-0.1, -0.05) is 36.4 Å². The molecule has 0 spiro atoms. The first kappa shape index (κ1) is 17.0. The number of rotatable bonds is 6. The molecule has 22 heavy (non-hydrogen) atoms. The lowest BCUT2D eigenvalue weighted by Crippen LogP contribution is -2.24. The van der Waals surface area contributed by atoms with Crippen molar-refractivity contribution < 1.29 is 16.8 Å². The predicted molar refractivity (Wildman–Crippen MR) is 86.6 cm³/mol. The largest absolute Gasteiger partial charge is 0.224 e. The summed E-state index contributed by atoms with van der Waals surface area (Å²) in [6, 6.07) is 15.7. The Kier molecular flexibility index (Phi) is 5.26. The standard InChI is InChI=1S/C15H15ClO4S2/c16-13(11-21(17,18)14-7-3-1-4-8-14)12-22(19,20)15-9-5-2-6-10-15/h1-10,13H,11-12H2. The molecule has 0 saturated carbocycles. The minimum atomic E-state index is -3.61. The molecule has 0 bridgehead atoms. The van der Waals surface area contributed by atoms with Gasteiger partial charge in [0.15, 0.2) is 19.7 Å². The highest BCUT2D eigenvalue weighted by Gasteiger charge is 2.25. The molecule has 0 unspecified atom stereocenters. The molecule has 0 aliphatic carbocycles. The monoisotopic (exact) mass is 358 g/mol. The summed E-state index contributed by atoms with van der Waals surface area (Å²) in [5, 5.41) is -1.02. The first-order valence-electron chi connectivity index (χ1n) is 6.51. The van der Waals surface area contributed by atoms with E-state index in [0.717, 1.165) is 0 Å². The van der Waals surface area contributed by atoms with Gasteiger partial charge in [-0.15, -0.1) is 11.6 Å². The van der Waals surface area contributed by atoms with Crippen LogP contribution in [0.15, 0.2) is 70.5 Å². The van der Waals surface area contributed by atoms with Crippen molar-refractivity contribution in [3.8, 4) is 0 Å². The van der Waals surface area contributed by atoms with Crippen LogP contribution < -0.4 is 0 Å². The van der Waals surface area contributed by atoms with Crippen LogP contribution in [0.25, 0.3) is 0 Å². The lowest BCUT2D eigenvalue weighted by atomic mass is 10.4. The van der Waals surface area contributed by atoms with E-state index < -0.39 is 36.6 Å². The average molecular weight is 359 g/mol. The van der Waals surface area contributed by atoms with Gasteiger partial charge in [-0.2, -0.15) is 0 Å². The Labute approximate surface area is 135 Å². The van der Waals surface area contributed by atoms with Crippen LogP contribution in [0.2, 0.25) is 0 Å². The summed E-state index contributed by atoms with van der Waals surface area (Å²) in [6.07, 6.45) is 0. The lowest BCUT2D eigenvalue weighted by molar-refractivity contribution is 0.590. The minimum Gasteiger partial charge on any atom is -0.224 e. The first-order chi connectivity index (χ1) is 10.3. The van der Waals surface area contributed by atoms with Crippen LogP contribution in [0.5, 0.6) is 0 Å². The third-order valence-corrected chi connectivity index (χ3v) is 7.34. The van der Waals surface area contributed by atoms with E-state index in [1.165, 1.54) is 24.3 Å². The normalized spacial score (nSPS) is 12.5. The molecule has 2 aromatic carbocycles. The summed E-state index contributed by atoms with van der Waals surface area (Å²) in [7, 11) is -7.22. The van der Waals surface area contributed by atoms with Crippen molar-refractivity contribution in [3.05, 3.63) is 60.7 Å². The van der Waals surface area contributed by atoms with Gasteiger partial charge < -0.3 is 0 Å². The Morgan fingerprint density at radius 3 is 1.32 bits per heavy atom. The second-order valence-corrected chi connectivity index (χ2v) is 9.47. The maximum absolute atomic E-state index is 12.2. The van der Waals surface area contributed by atoms with Crippen molar-refractivity contribution in [1.82, 2.24) is 0 Å². The molecular formula is C15H15ClO4S2. The molecule has 0 fully saturated rings. The van der Waals surface area contributed by atoms with E-state index in [9.17, 15) is 16.8 Å². The number of halogens is 1. The van der Waals surface area contributed by atoms with Crippen LogP contribution in [-0.4, -0.2) is 33.7 Å². The van der Waals surface area contributed by atoms with Crippen molar-refractivity contribution in [2.75, 3.05) is 11.5 Å². The van der Waals surface area contributed by atoms with Gasteiger partial charge in [0.2, 0.25) is 0 Å². The molecular weight excluding hydrogens is 344 g/mol. The maximum atomic E-state index is 12.2. The van der Waals surface area contributed by atoms with Crippen LogP contribution in [-0.2, 0) is 19.7 Å². The van der Waals surface area contributed by atoms with E-state index in [2.05, 4.69) is 0 Å². The van der Waals surface area contributed by atoms with Crippen molar-refractivity contribution in [2.45, 2.75) is 15.2 Å². The highest BCUT2D eigenvalue weighted by molar-refractivity contribution is 7.92. The molecule has 0 radical (unpaired) electrons. The average Bonchev–Trinajstić information content (AvgIpc) is 2.48. The third kappa shape index (κ3) is 4.32. The van der Waals surface area contributed by atoms with E-state index in [0.29, 0.717) is 0 Å². The number of hydrogen-bond donors (Lipinski definition) is 0. The van der Waals surface area contributed by atoms with E-state index in [-0.39, 0.29) is 9.79 Å². The molecule has 2 aromatic rings. The molecule has 0 aliphatic rings. The minimum absolute atomic E-state index is 0.137. The zero-order chi connectivity index (χ0) is 16.2. The topological polar surface area (TPSA) is 68.3 Å². The van der Waals surface area contributed by atoms with Crippen molar-refractivity contribution in [1.29, 1.82) is 0 Å². The summed E-state index contributed by atoms with van der Waals surface area (Å²) in [6.45, 7) is 0. The van der Waals surface area contributed by atoms with Gasteiger partial charge in [0.25, 0.3) is 0 Å². The van der Waals surface area contributed by atoms with Crippen molar-refractivity contribution in [2.24, 2.45) is 0 Å². The summed E-state index contributed by atoms with van der Waals surface area (Å²) < 4.78 is 48.7. The molecule has 0 heterocycles. The van der Waals surface area contributed by atoms with Crippen molar-refractivity contribution >= 4 is 31.3 Å². The zero-order valence-corrected chi connectivity index (χ0v) is 14.0. The Hall–Kier alpha value is -1.37. The van der Waals surface area contributed by atoms with E-state index in [1.807, 2.05) is 0 Å². The fraction of sp³-hybridized carbons (Fsp3) is 0.200. The van der Waals surface area contributed by atoms with Gasteiger partial charge >= 0.3 is 0 Å². The highest BCUT2D eigenvalue weighted by atomic mass is 35.5. The molecule has 2 rings (SSSR count).